The van der Waals surface area contributed by atoms with Gasteiger partial charge in [0.25, 0.3) is 0 Å². The second-order valence-corrected chi connectivity index (χ2v) is 8.36. The lowest BCUT2D eigenvalue weighted by atomic mass is 10.0. The molecule has 0 unspecified atom stereocenters. The Morgan fingerprint density at radius 1 is 1.06 bits per heavy atom. The number of methoxy groups -OCH3 is 1. The van der Waals surface area contributed by atoms with Crippen LogP contribution in [-0.2, 0) is 0 Å². The molecular weight excluding hydrogens is 447 g/mol. The number of piperidine rings is 1. The zero-order valence-electron chi connectivity index (χ0n) is 19.1. The Balaban J connectivity index is 1.37. The average Bonchev–Trinajstić information content (AvgIpc) is 3.33. The van der Waals surface area contributed by atoms with Crippen LogP contribution in [0.3, 0.4) is 0 Å². The molecule has 176 valence electrons. The van der Waals surface area contributed by atoms with Crippen LogP contribution < -0.4 is 9.64 Å². The topological polar surface area (TPSA) is 87.3 Å². The van der Waals surface area contributed by atoms with Crippen LogP contribution in [0.5, 0.6) is 5.75 Å². The first-order valence-electron chi connectivity index (χ1n) is 11.3. The number of nitrogens with zero attached hydrogens (tertiary/aromatic N) is 6. The first-order valence-corrected chi connectivity index (χ1v) is 11.3. The van der Waals surface area contributed by atoms with E-state index in [-0.39, 0.29) is 17.9 Å². The highest BCUT2D eigenvalue weighted by Crippen LogP contribution is 2.33. The Bertz CT molecular complexity index is 1390. The zero-order chi connectivity index (χ0) is 24.4. The van der Waals surface area contributed by atoms with Crippen molar-refractivity contribution in [2.24, 2.45) is 0 Å². The van der Waals surface area contributed by atoms with Crippen LogP contribution >= 0.6 is 0 Å². The third-order valence-corrected chi connectivity index (χ3v) is 6.31. The van der Waals surface area contributed by atoms with Crippen LogP contribution in [0.15, 0.2) is 66.7 Å². The molecule has 0 spiro atoms. The van der Waals surface area contributed by atoms with Crippen molar-refractivity contribution in [2.75, 3.05) is 25.1 Å². The predicted molar refractivity (Wildman–Crippen MR) is 129 cm³/mol. The normalized spacial score (nSPS) is 14.0. The number of hydrogen-bond donors (Lipinski definition) is 0. The summed E-state index contributed by atoms with van der Waals surface area (Å²) in [5, 5.41) is 17.3. The number of likely N-dealkylation sites (tertiary alicyclic amines) is 1. The minimum atomic E-state index is -0.288. The van der Waals surface area contributed by atoms with Gasteiger partial charge in [0.2, 0.25) is 0 Å². The number of hydrogen-bond acceptors (Lipinski definition) is 6. The molecule has 1 amide bonds. The molecule has 1 aliphatic heterocycles. The first kappa shape index (κ1) is 22.3. The van der Waals surface area contributed by atoms with Crippen LogP contribution in [0, 0.1) is 17.1 Å². The van der Waals surface area contributed by atoms with E-state index in [0.717, 1.165) is 17.1 Å². The fourth-order valence-corrected chi connectivity index (χ4v) is 4.49. The summed E-state index contributed by atoms with van der Waals surface area (Å²) < 4.78 is 20.2. The van der Waals surface area contributed by atoms with Gasteiger partial charge in [-0.3, -0.25) is 0 Å². The lowest BCUT2D eigenvalue weighted by molar-refractivity contribution is 0.180. The van der Waals surface area contributed by atoms with Crippen molar-refractivity contribution >= 4 is 28.4 Å². The van der Waals surface area contributed by atoms with Gasteiger partial charge in [-0.15, -0.1) is 5.10 Å². The standard InChI is InChI=1S/C26H23FN6O2/c1-35-23-9-7-21(8-10-23)32(20-5-3-19(27)4-6-20)22-12-14-31(15-13-22)26(34)33-25-16-18(17-28)2-11-24(25)29-30-33/h2-11,16,22H,12-15H2,1H3. The van der Waals surface area contributed by atoms with Gasteiger partial charge in [0.1, 0.15) is 22.6 Å². The first-order chi connectivity index (χ1) is 17.1. The molecule has 1 aliphatic rings. The van der Waals surface area contributed by atoms with E-state index < -0.39 is 0 Å². The molecule has 0 bridgehead atoms. The molecule has 1 fully saturated rings. The summed E-state index contributed by atoms with van der Waals surface area (Å²) in [5.41, 5.74) is 3.37. The molecule has 1 aromatic heterocycles. The van der Waals surface area contributed by atoms with Crippen LogP contribution in [0.4, 0.5) is 20.6 Å². The van der Waals surface area contributed by atoms with Crippen LogP contribution in [0.1, 0.15) is 18.4 Å². The molecule has 3 aromatic carbocycles. The Morgan fingerprint density at radius 2 is 1.71 bits per heavy atom. The molecule has 8 nitrogen and oxygen atoms in total. The van der Waals surface area contributed by atoms with Gasteiger partial charge in [-0.1, -0.05) is 5.21 Å². The van der Waals surface area contributed by atoms with E-state index >= 15 is 0 Å². The summed E-state index contributed by atoms with van der Waals surface area (Å²) in [6.07, 6.45) is 1.43. The smallest absolute Gasteiger partial charge is 0.346 e. The SMILES string of the molecule is COc1ccc(N(c2ccc(F)cc2)C2CCN(C(=O)n3nnc4ccc(C#N)cc43)CC2)cc1. The van der Waals surface area contributed by atoms with E-state index in [1.165, 1.54) is 16.8 Å². The molecule has 0 N–H and O–H groups in total. The highest BCUT2D eigenvalue weighted by Gasteiger charge is 2.30. The number of carbonyl (C=O) groups is 1. The summed E-state index contributed by atoms with van der Waals surface area (Å²) in [7, 11) is 1.62. The molecular formula is C26H23FN6O2. The molecule has 5 rings (SSSR count). The van der Waals surface area contributed by atoms with Crippen molar-refractivity contribution in [1.29, 1.82) is 5.26 Å². The number of aromatic nitrogens is 3. The minimum absolute atomic E-state index is 0.107. The number of fused-ring (bicyclic) bond motifs is 1. The maximum absolute atomic E-state index is 13.6. The maximum atomic E-state index is 13.6. The summed E-state index contributed by atoms with van der Waals surface area (Å²) in [5.74, 6) is 0.469. The summed E-state index contributed by atoms with van der Waals surface area (Å²) in [6, 6.07) is 21.1. The van der Waals surface area contributed by atoms with E-state index in [9.17, 15) is 14.4 Å². The van der Waals surface area contributed by atoms with Crippen molar-refractivity contribution in [1.82, 2.24) is 19.9 Å². The number of amides is 1. The Hall–Kier alpha value is -4.45. The zero-order valence-corrected chi connectivity index (χ0v) is 19.1. The fourth-order valence-electron chi connectivity index (χ4n) is 4.49. The van der Waals surface area contributed by atoms with Gasteiger partial charge in [-0.25, -0.2) is 9.18 Å². The van der Waals surface area contributed by atoms with E-state index in [1.54, 1.807) is 42.3 Å². The van der Waals surface area contributed by atoms with Gasteiger partial charge in [-0.05, 0) is 79.6 Å². The quantitative estimate of drug-likeness (QED) is 0.429. The van der Waals surface area contributed by atoms with Crippen molar-refractivity contribution in [3.8, 4) is 11.8 Å². The van der Waals surface area contributed by atoms with Crippen LogP contribution in [0.2, 0.25) is 0 Å². The maximum Gasteiger partial charge on any atom is 0.346 e. The second kappa shape index (κ2) is 9.43. The van der Waals surface area contributed by atoms with E-state index in [0.29, 0.717) is 42.5 Å². The van der Waals surface area contributed by atoms with Crippen molar-refractivity contribution < 1.29 is 13.9 Å². The minimum Gasteiger partial charge on any atom is -0.497 e. The number of nitriles is 1. The molecule has 2 heterocycles. The Labute approximate surface area is 201 Å². The molecule has 0 radical (unpaired) electrons. The van der Waals surface area contributed by atoms with E-state index in [4.69, 9.17) is 4.74 Å². The van der Waals surface area contributed by atoms with Gasteiger partial charge in [0.15, 0.2) is 0 Å². The molecule has 0 aliphatic carbocycles. The predicted octanol–water partition coefficient (Wildman–Crippen LogP) is 4.72. The highest BCUT2D eigenvalue weighted by atomic mass is 19.1. The lowest BCUT2D eigenvalue weighted by Gasteiger charge is -2.39. The second-order valence-electron chi connectivity index (χ2n) is 8.36. The van der Waals surface area contributed by atoms with Gasteiger partial charge in [0, 0.05) is 30.5 Å². The number of halogens is 1. The summed E-state index contributed by atoms with van der Waals surface area (Å²) >= 11 is 0. The average molecular weight is 471 g/mol. The lowest BCUT2D eigenvalue weighted by Crippen LogP contribution is -2.47. The molecule has 35 heavy (non-hydrogen) atoms. The third-order valence-electron chi connectivity index (χ3n) is 6.31. The monoisotopic (exact) mass is 470 g/mol. The van der Waals surface area contributed by atoms with Crippen molar-refractivity contribution in [2.45, 2.75) is 18.9 Å². The number of anilines is 2. The third kappa shape index (κ3) is 4.38. The Morgan fingerprint density at radius 3 is 2.34 bits per heavy atom. The Kier molecular flexibility index (Phi) is 6.02. The number of carbonyl (C=O) groups excluding carboxylic acids is 1. The molecule has 1 saturated heterocycles. The van der Waals surface area contributed by atoms with Crippen molar-refractivity contribution in [3.05, 3.63) is 78.1 Å². The number of benzene rings is 3. The number of ether oxygens (including phenoxy) is 1. The molecule has 9 heteroatoms. The van der Waals surface area contributed by atoms with Gasteiger partial charge in [0.05, 0.1) is 18.7 Å². The molecule has 4 aromatic rings. The summed E-state index contributed by atoms with van der Waals surface area (Å²) in [4.78, 5) is 17.2. The largest absolute Gasteiger partial charge is 0.497 e. The van der Waals surface area contributed by atoms with Gasteiger partial charge >= 0.3 is 6.03 Å². The summed E-state index contributed by atoms with van der Waals surface area (Å²) in [6.45, 7) is 1.05. The van der Waals surface area contributed by atoms with Gasteiger partial charge in [-0.2, -0.15) is 9.94 Å². The van der Waals surface area contributed by atoms with E-state index in [1.807, 2.05) is 24.3 Å². The highest BCUT2D eigenvalue weighted by molar-refractivity contribution is 5.88. The van der Waals surface area contributed by atoms with Crippen LogP contribution in [0.25, 0.3) is 11.0 Å². The van der Waals surface area contributed by atoms with Crippen LogP contribution in [-0.4, -0.2) is 52.2 Å². The molecule has 0 atom stereocenters. The van der Waals surface area contributed by atoms with E-state index in [2.05, 4.69) is 21.3 Å². The molecule has 0 saturated carbocycles. The van der Waals surface area contributed by atoms with Crippen molar-refractivity contribution in [3.63, 3.8) is 0 Å². The van der Waals surface area contributed by atoms with Gasteiger partial charge < -0.3 is 14.5 Å². The fraction of sp³-hybridized carbons (Fsp3) is 0.231. The number of rotatable bonds is 4.